The molecule has 0 aliphatic carbocycles. The first-order chi connectivity index (χ1) is 10.0. The maximum Gasteiger partial charge on any atom is 0.354 e. The van der Waals surface area contributed by atoms with Gasteiger partial charge in [-0.3, -0.25) is 0 Å². The fraction of sp³-hybridized carbons (Fsp3) is 0.214. The number of pyridine rings is 1. The molecule has 21 heavy (non-hydrogen) atoms. The molecule has 0 fully saturated rings. The van der Waals surface area contributed by atoms with Gasteiger partial charge in [-0.1, -0.05) is 6.07 Å². The largest absolute Gasteiger partial charge is 0.477 e. The van der Waals surface area contributed by atoms with Gasteiger partial charge in [0.2, 0.25) is 0 Å². The number of hydrogen-bond donors (Lipinski definition) is 3. The number of aromatic nitrogens is 1. The van der Waals surface area contributed by atoms with E-state index in [-0.39, 0.29) is 11.7 Å². The highest BCUT2D eigenvalue weighted by Gasteiger charge is 2.05. The lowest BCUT2D eigenvalue weighted by Crippen LogP contribution is -2.34. The molecule has 0 aromatic carbocycles. The molecule has 0 aliphatic heterocycles. The molecule has 0 unspecified atom stereocenters. The van der Waals surface area contributed by atoms with Gasteiger partial charge in [-0.15, -0.1) is 11.3 Å². The molecule has 7 heteroatoms. The average Bonchev–Trinajstić information content (AvgIpc) is 2.89. The summed E-state index contributed by atoms with van der Waals surface area (Å²) in [5.41, 5.74) is 0.721. The van der Waals surface area contributed by atoms with Crippen LogP contribution >= 0.6 is 11.3 Å². The van der Waals surface area contributed by atoms with Gasteiger partial charge in [-0.05, 0) is 30.7 Å². The summed E-state index contributed by atoms with van der Waals surface area (Å²) >= 11 is 1.64. The molecule has 0 atom stereocenters. The van der Waals surface area contributed by atoms with Crippen LogP contribution in [0.15, 0.2) is 30.5 Å². The van der Waals surface area contributed by atoms with Gasteiger partial charge in [0.05, 0.1) is 6.54 Å². The number of nitrogens with zero attached hydrogens (tertiary/aromatic N) is 1. The Balaban J connectivity index is 1.77. The number of aromatic carboxylic acids is 1. The second kappa shape index (κ2) is 6.85. The van der Waals surface area contributed by atoms with E-state index in [0.717, 1.165) is 10.4 Å². The lowest BCUT2D eigenvalue weighted by molar-refractivity contribution is 0.0690. The third-order valence-electron chi connectivity index (χ3n) is 2.72. The minimum Gasteiger partial charge on any atom is -0.477 e. The first-order valence-electron chi connectivity index (χ1n) is 6.30. The van der Waals surface area contributed by atoms with Crippen molar-refractivity contribution in [1.82, 2.24) is 15.6 Å². The fourth-order valence-corrected chi connectivity index (χ4v) is 2.48. The quantitative estimate of drug-likeness (QED) is 0.789. The Labute approximate surface area is 125 Å². The predicted octanol–water partition coefficient (Wildman–Crippen LogP) is 2.15. The molecule has 0 radical (unpaired) electrons. The van der Waals surface area contributed by atoms with Crippen molar-refractivity contribution < 1.29 is 14.7 Å². The smallest absolute Gasteiger partial charge is 0.354 e. The zero-order chi connectivity index (χ0) is 15.2. The molecular formula is C14H15N3O3S. The van der Waals surface area contributed by atoms with Gasteiger partial charge in [-0.25, -0.2) is 14.6 Å². The van der Waals surface area contributed by atoms with Gasteiger partial charge in [0.1, 0.15) is 5.69 Å². The Morgan fingerprint density at radius 2 is 1.95 bits per heavy atom. The number of carbonyl (C=O) groups excluding carboxylic acids is 1. The standard InChI is InChI=1S/C14H15N3O3S/c1-9-2-4-11(21-9)8-17-14(20)16-7-10-3-5-12(13(18)19)15-6-10/h2-6H,7-8H2,1H3,(H,18,19)(H2,16,17,20). The Kier molecular flexibility index (Phi) is 4.89. The summed E-state index contributed by atoms with van der Waals surface area (Å²) in [4.78, 5) is 28.4. The van der Waals surface area contributed by atoms with Crippen molar-refractivity contribution in [3.8, 4) is 0 Å². The summed E-state index contributed by atoms with van der Waals surface area (Å²) in [6.45, 7) is 2.80. The summed E-state index contributed by atoms with van der Waals surface area (Å²) in [5.74, 6) is -1.07. The average molecular weight is 305 g/mol. The van der Waals surface area contributed by atoms with Crippen molar-refractivity contribution in [3.05, 3.63) is 51.5 Å². The van der Waals surface area contributed by atoms with E-state index in [9.17, 15) is 9.59 Å². The van der Waals surface area contributed by atoms with E-state index in [4.69, 9.17) is 5.11 Å². The number of hydrogen-bond acceptors (Lipinski definition) is 4. The van der Waals surface area contributed by atoms with Crippen molar-refractivity contribution in [2.24, 2.45) is 0 Å². The molecule has 2 aromatic heterocycles. The van der Waals surface area contributed by atoms with E-state index in [1.807, 2.05) is 19.1 Å². The van der Waals surface area contributed by atoms with Crippen molar-refractivity contribution in [1.29, 1.82) is 0 Å². The van der Waals surface area contributed by atoms with E-state index in [0.29, 0.717) is 13.1 Å². The third kappa shape index (κ3) is 4.57. The van der Waals surface area contributed by atoms with Crippen LogP contribution in [-0.2, 0) is 13.1 Å². The van der Waals surface area contributed by atoms with Gasteiger partial charge >= 0.3 is 12.0 Å². The lowest BCUT2D eigenvalue weighted by Gasteiger charge is -2.06. The molecule has 0 saturated heterocycles. The highest BCUT2D eigenvalue weighted by molar-refractivity contribution is 7.11. The highest BCUT2D eigenvalue weighted by atomic mass is 32.1. The van der Waals surface area contributed by atoms with Crippen molar-refractivity contribution >= 4 is 23.3 Å². The second-order valence-corrected chi connectivity index (χ2v) is 5.78. The van der Waals surface area contributed by atoms with Crippen LogP contribution in [0, 0.1) is 6.92 Å². The first-order valence-corrected chi connectivity index (χ1v) is 7.11. The molecule has 0 bridgehead atoms. The van der Waals surface area contributed by atoms with Crippen LogP contribution in [0.25, 0.3) is 0 Å². The SMILES string of the molecule is Cc1ccc(CNC(=O)NCc2ccc(C(=O)O)nc2)s1. The molecule has 2 amide bonds. The van der Waals surface area contributed by atoms with Gasteiger partial charge in [0.15, 0.2) is 0 Å². The molecule has 2 aromatic rings. The van der Waals surface area contributed by atoms with Gasteiger partial charge in [-0.2, -0.15) is 0 Å². The molecule has 110 valence electrons. The number of aryl methyl sites for hydroxylation is 1. The number of carboxylic acid groups (broad SMARTS) is 1. The molecule has 0 saturated carbocycles. The zero-order valence-electron chi connectivity index (χ0n) is 11.4. The Hall–Kier alpha value is -2.41. The molecule has 2 heterocycles. The second-order valence-electron chi connectivity index (χ2n) is 4.41. The number of rotatable bonds is 5. The van der Waals surface area contributed by atoms with E-state index < -0.39 is 5.97 Å². The van der Waals surface area contributed by atoms with Gasteiger partial charge in [0, 0.05) is 22.5 Å². The normalized spacial score (nSPS) is 10.1. The number of urea groups is 1. The molecule has 3 N–H and O–H groups in total. The maximum atomic E-state index is 11.6. The molecule has 6 nitrogen and oxygen atoms in total. The van der Waals surface area contributed by atoms with Crippen molar-refractivity contribution in [2.75, 3.05) is 0 Å². The number of amides is 2. The van der Waals surface area contributed by atoms with Crippen LogP contribution in [-0.4, -0.2) is 22.1 Å². The molecular weight excluding hydrogens is 290 g/mol. The predicted molar refractivity (Wildman–Crippen MR) is 79.3 cm³/mol. The Morgan fingerprint density at radius 3 is 2.52 bits per heavy atom. The van der Waals surface area contributed by atoms with Crippen LogP contribution < -0.4 is 10.6 Å². The Bertz CT molecular complexity index is 637. The Morgan fingerprint density at radius 1 is 1.19 bits per heavy atom. The zero-order valence-corrected chi connectivity index (χ0v) is 12.2. The first kappa shape index (κ1) is 15.0. The van der Waals surface area contributed by atoms with Gasteiger partial charge < -0.3 is 15.7 Å². The summed E-state index contributed by atoms with van der Waals surface area (Å²) in [6.07, 6.45) is 1.44. The maximum absolute atomic E-state index is 11.6. The third-order valence-corrected chi connectivity index (χ3v) is 3.72. The highest BCUT2D eigenvalue weighted by Crippen LogP contribution is 2.14. The van der Waals surface area contributed by atoms with Crippen LogP contribution in [0.2, 0.25) is 0 Å². The van der Waals surface area contributed by atoms with Crippen LogP contribution in [0.5, 0.6) is 0 Å². The fourth-order valence-electron chi connectivity index (χ4n) is 1.65. The van der Waals surface area contributed by atoms with Crippen molar-refractivity contribution in [3.63, 3.8) is 0 Å². The number of carbonyl (C=O) groups is 2. The minimum absolute atomic E-state index is 0.0173. The monoisotopic (exact) mass is 305 g/mol. The molecule has 0 spiro atoms. The summed E-state index contributed by atoms with van der Waals surface area (Å²) < 4.78 is 0. The molecule has 0 aliphatic rings. The van der Waals surface area contributed by atoms with Crippen LogP contribution in [0.4, 0.5) is 4.79 Å². The number of nitrogens with one attached hydrogen (secondary N) is 2. The summed E-state index contributed by atoms with van der Waals surface area (Å²) in [7, 11) is 0. The van der Waals surface area contributed by atoms with E-state index in [2.05, 4.69) is 15.6 Å². The van der Waals surface area contributed by atoms with Crippen LogP contribution in [0.1, 0.15) is 25.8 Å². The summed E-state index contributed by atoms with van der Waals surface area (Å²) in [6, 6.07) is 6.75. The van der Waals surface area contributed by atoms with Crippen molar-refractivity contribution in [2.45, 2.75) is 20.0 Å². The number of thiophene rings is 1. The van der Waals surface area contributed by atoms with Crippen LogP contribution in [0.3, 0.4) is 0 Å². The van der Waals surface area contributed by atoms with E-state index in [1.165, 1.54) is 17.1 Å². The minimum atomic E-state index is -1.07. The van der Waals surface area contributed by atoms with E-state index in [1.54, 1.807) is 17.4 Å². The van der Waals surface area contributed by atoms with Gasteiger partial charge in [0.25, 0.3) is 0 Å². The van der Waals surface area contributed by atoms with E-state index >= 15 is 0 Å². The summed E-state index contributed by atoms with van der Waals surface area (Å²) in [5, 5.41) is 14.2. The molecule has 2 rings (SSSR count). The number of carboxylic acids is 1. The lowest BCUT2D eigenvalue weighted by atomic mass is 10.2. The topological polar surface area (TPSA) is 91.3 Å².